The Morgan fingerprint density at radius 1 is 1.17 bits per heavy atom. The third-order valence-corrected chi connectivity index (χ3v) is 3.48. The standard InChI is InChI=1S/C16H23NO/c1-3-4-5-6-10-14(17-2)16-12-13-9-7-8-11-15(13)18-16/h7-9,11-12,14,17H,3-6,10H2,1-2H3. The van der Waals surface area contributed by atoms with Gasteiger partial charge in [-0.25, -0.2) is 0 Å². The molecule has 0 fully saturated rings. The summed E-state index contributed by atoms with van der Waals surface area (Å²) in [6.07, 6.45) is 6.34. The number of hydrogen-bond donors (Lipinski definition) is 1. The average molecular weight is 245 g/mol. The fourth-order valence-electron chi connectivity index (χ4n) is 2.38. The Morgan fingerprint density at radius 3 is 2.72 bits per heavy atom. The first-order valence-electron chi connectivity index (χ1n) is 7.01. The molecule has 18 heavy (non-hydrogen) atoms. The predicted molar refractivity (Wildman–Crippen MR) is 76.8 cm³/mol. The lowest BCUT2D eigenvalue weighted by molar-refractivity contribution is 0.418. The van der Waals surface area contributed by atoms with Crippen molar-refractivity contribution in [1.82, 2.24) is 5.32 Å². The van der Waals surface area contributed by atoms with E-state index < -0.39 is 0 Å². The molecule has 0 amide bonds. The minimum absolute atomic E-state index is 0.342. The fraction of sp³-hybridized carbons (Fsp3) is 0.500. The second kappa shape index (κ2) is 6.60. The van der Waals surface area contributed by atoms with Gasteiger partial charge in [0.2, 0.25) is 0 Å². The molecule has 1 unspecified atom stereocenters. The molecule has 2 aromatic rings. The Bertz CT molecular complexity index is 442. The molecule has 2 rings (SSSR count). The molecule has 0 radical (unpaired) electrons. The zero-order chi connectivity index (χ0) is 12.8. The van der Waals surface area contributed by atoms with Crippen molar-refractivity contribution in [3.8, 4) is 0 Å². The topological polar surface area (TPSA) is 25.2 Å². The second-order valence-electron chi connectivity index (χ2n) is 4.88. The van der Waals surface area contributed by atoms with Gasteiger partial charge in [0.1, 0.15) is 11.3 Å². The summed E-state index contributed by atoms with van der Waals surface area (Å²) in [5.74, 6) is 1.06. The first-order chi connectivity index (χ1) is 8.85. The molecular weight excluding hydrogens is 222 g/mol. The highest BCUT2D eigenvalue weighted by Gasteiger charge is 2.13. The van der Waals surface area contributed by atoms with E-state index >= 15 is 0 Å². The van der Waals surface area contributed by atoms with Gasteiger partial charge in [0, 0.05) is 5.39 Å². The third kappa shape index (κ3) is 3.14. The van der Waals surface area contributed by atoms with Crippen LogP contribution >= 0.6 is 0 Å². The summed E-state index contributed by atoms with van der Waals surface area (Å²) in [5.41, 5.74) is 0.987. The smallest absolute Gasteiger partial charge is 0.134 e. The van der Waals surface area contributed by atoms with Crippen LogP contribution in [0.3, 0.4) is 0 Å². The van der Waals surface area contributed by atoms with Crippen molar-refractivity contribution >= 4 is 11.0 Å². The number of fused-ring (bicyclic) bond motifs is 1. The molecule has 98 valence electrons. The number of unbranched alkanes of at least 4 members (excludes halogenated alkanes) is 3. The molecule has 2 heteroatoms. The minimum atomic E-state index is 0.342. The average Bonchev–Trinajstić information content (AvgIpc) is 2.82. The van der Waals surface area contributed by atoms with E-state index in [9.17, 15) is 0 Å². The molecule has 1 N–H and O–H groups in total. The first-order valence-corrected chi connectivity index (χ1v) is 7.01. The van der Waals surface area contributed by atoms with E-state index in [1.807, 2.05) is 19.2 Å². The van der Waals surface area contributed by atoms with Gasteiger partial charge in [0.05, 0.1) is 6.04 Å². The van der Waals surface area contributed by atoms with Crippen molar-refractivity contribution in [2.75, 3.05) is 7.05 Å². The molecule has 1 heterocycles. The molecule has 0 bridgehead atoms. The fourth-order valence-corrected chi connectivity index (χ4v) is 2.38. The summed E-state index contributed by atoms with van der Waals surface area (Å²) < 4.78 is 5.92. The van der Waals surface area contributed by atoms with Crippen molar-refractivity contribution in [1.29, 1.82) is 0 Å². The van der Waals surface area contributed by atoms with Gasteiger partial charge in [0.25, 0.3) is 0 Å². The maximum atomic E-state index is 5.92. The molecule has 1 aromatic carbocycles. The largest absolute Gasteiger partial charge is 0.459 e. The molecule has 0 spiro atoms. The molecule has 0 aliphatic rings. The van der Waals surface area contributed by atoms with E-state index in [-0.39, 0.29) is 0 Å². The third-order valence-electron chi connectivity index (χ3n) is 3.48. The lowest BCUT2D eigenvalue weighted by Gasteiger charge is -2.12. The molecule has 0 saturated carbocycles. The SMILES string of the molecule is CCCCCCC(NC)c1cc2ccccc2o1. The van der Waals surface area contributed by atoms with Crippen molar-refractivity contribution in [2.24, 2.45) is 0 Å². The summed E-state index contributed by atoms with van der Waals surface area (Å²) in [6.45, 7) is 2.24. The van der Waals surface area contributed by atoms with Crippen molar-refractivity contribution in [2.45, 2.75) is 45.1 Å². The van der Waals surface area contributed by atoms with E-state index in [4.69, 9.17) is 4.42 Å². The zero-order valence-corrected chi connectivity index (χ0v) is 11.4. The highest BCUT2D eigenvalue weighted by molar-refractivity contribution is 5.77. The summed E-state index contributed by atoms with van der Waals surface area (Å²) in [5, 5.41) is 4.56. The van der Waals surface area contributed by atoms with Crippen molar-refractivity contribution < 1.29 is 4.42 Å². The number of hydrogen-bond acceptors (Lipinski definition) is 2. The molecule has 2 nitrogen and oxygen atoms in total. The van der Waals surface area contributed by atoms with Crippen LogP contribution in [0.25, 0.3) is 11.0 Å². The maximum absolute atomic E-state index is 5.92. The normalized spacial score (nSPS) is 13.0. The Hall–Kier alpha value is -1.28. The Kier molecular flexibility index (Phi) is 4.82. The van der Waals surface area contributed by atoms with Crippen LogP contribution in [0.1, 0.15) is 50.8 Å². The number of benzene rings is 1. The quantitative estimate of drug-likeness (QED) is 0.717. The van der Waals surface area contributed by atoms with Gasteiger partial charge in [-0.15, -0.1) is 0 Å². The lowest BCUT2D eigenvalue weighted by atomic mass is 10.1. The predicted octanol–water partition coefficient (Wildman–Crippen LogP) is 4.66. The van der Waals surface area contributed by atoms with E-state index in [0.717, 1.165) is 17.8 Å². The van der Waals surface area contributed by atoms with Crippen LogP contribution in [0.4, 0.5) is 0 Å². The van der Waals surface area contributed by atoms with Gasteiger partial charge in [-0.2, -0.15) is 0 Å². The van der Waals surface area contributed by atoms with Gasteiger partial charge in [-0.1, -0.05) is 50.8 Å². The number of rotatable bonds is 7. The Labute approximate surface area is 109 Å². The van der Waals surface area contributed by atoms with Gasteiger partial charge < -0.3 is 9.73 Å². The molecule has 0 aliphatic heterocycles. The highest BCUT2D eigenvalue weighted by atomic mass is 16.3. The van der Waals surface area contributed by atoms with E-state index in [1.165, 1.54) is 31.1 Å². The maximum Gasteiger partial charge on any atom is 0.134 e. The van der Waals surface area contributed by atoms with E-state index in [1.54, 1.807) is 0 Å². The van der Waals surface area contributed by atoms with Crippen molar-refractivity contribution in [3.63, 3.8) is 0 Å². The van der Waals surface area contributed by atoms with Gasteiger partial charge in [-0.05, 0) is 25.6 Å². The van der Waals surface area contributed by atoms with Crippen LogP contribution in [0, 0.1) is 0 Å². The lowest BCUT2D eigenvalue weighted by Crippen LogP contribution is -2.15. The summed E-state index contributed by atoms with van der Waals surface area (Å²) in [7, 11) is 2.01. The molecule has 0 saturated heterocycles. The second-order valence-corrected chi connectivity index (χ2v) is 4.88. The molecular formula is C16H23NO. The monoisotopic (exact) mass is 245 g/mol. The summed E-state index contributed by atoms with van der Waals surface area (Å²) in [6, 6.07) is 10.7. The molecule has 1 atom stereocenters. The van der Waals surface area contributed by atoms with E-state index in [0.29, 0.717) is 6.04 Å². The van der Waals surface area contributed by atoms with Crippen LogP contribution in [-0.2, 0) is 0 Å². The van der Waals surface area contributed by atoms with Crippen LogP contribution in [0.2, 0.25) is 0 Å². The summed E-state index contributed by atoms with van der Waals surface area (Å²) in [4.78, 5) is 0. The molecule has 1 aromatic heterocycles. The van der Waals surface area contributed by atoms with Crippen LogP contribution < -0.4 is 5.32 Å². The van der Waals surface area contributed by atoms with Crippen LogP contribution in [0.5, 0.6) is 0 Å². The minimum Gasteiger partial charge on any atom is -0.459 e. The molecule has 0 aliphatic carbocycles. The zero-order valence-electron chi connectivity index (χ0n) is 11.4. The van der Waals surface area contributed by atoms with Gasteiger partial charge >= 0.3 is 0 Å². The summed E-state index contributed by atoms with van der Waals surface area (Å²) >= 11 is 0. The number of para-hydroxylation sites is 1. The van der Waals surface area contributed by atoms with Gasteiger partial charge in [-0.3, -0.25) is 0 Å². The number of furan rings is 1. The van der Waals surface area contributed by atoms with Crippen LogP contribution in [-0.4, -0.2) is 7.05 Å². The van der Waals surface area contributed by atoms with Crippen molar-refractivity contribution in [3.05, 3.63) is 36.1 Å². The first kappa shape index (κ1) is 13.2. The Balaban J connectivity index is 2.02. The number of nitrogens with one attached hydrogen (secondary N) is 1. The van der Waals surface area contributed by atoms with E-state index in [2.05, 4.69) is 30.4 Å². The van der Waals surface area contributed by atoms with Crippen LogP contribution in [0.15, 0.2) is 34.7 Å². The Morgan fingerprint density at radius 2 is 2.00 bits per heavy atom. The van der Waals surface area contributed by atoms with Gasteiger partial charge in [0.15, 0.2) is 0 Å². The highest BCUT2D eigenvalue weighted by Crippen LogP contribution is 2.26.